The molecule has 3 rings (SSSR count). The summed E-state index contributed by atoms with van der Waals surface area (Å²) in [6, 6.07) is 12.8. The van der Waals surface area contributed by atoms with Crippen molar-refractivity contribution in [2.24, 2.45) is 5.92 Å². The number of nitrogens with one attached hydrogen (secondary N) is 1. The highest BCUT2D eigenvalue weighted by atomic mass is 16.5. The first-order valence-electron chi connectivity index (χ1n) is 10.0. The lowest BCUT2D eigenvalue weighted by molar-refractivity contribution is -0.118. The maximum atomic E-state index is 12.7. The van der Waals surface area contributed by atoms with Crippen LogP contribution in [0.15, 0.2) is 67.1 Å². The van der Waals surface area contributed by atoms with E-state index in [4.69, 9.17) is 9.47 Å². The van der Waals surface area contributed by atoms with Crippen LogP contribution in [0.5, 0.6) is 11.6 Å². The molecule has 32 heavy (non-hydrogen) atoms. The van der Waals surface area contributed by atoms with E-state index in [1.165, 1.54) is 25.4 Å². The summed E-state index contributed by atoms with van der Waals surface area (Å²) in [5.41, 5.74) is 1.02. The number of pyridine rings is 2. The van der Waals surface area contributed by atoms with Crippen molar-refractivity contribution in [2.75, 3.05) is 5.32 Å². The Kier molecular flexibility index (Phi) is 7.28. The van der Waals surface area contributed by atoms with Crippen molar-refractivity contribution in [3.05, 3.63) is 78.2 Å². The number of nitrogens with zero attached hydrogens (tertiary/aromatic N) is 2. The first-order valence-corrected chi connectivity index (χ1v) is 10.0. The Morgan fingerprint density at radius 1 is 0.938 bits per heavy atom. The standard InChI is InChI=1S/C24H23N3O5/c1-15(2)22(29)27-18-10-8-17(9-11-18)21(28)16(3)31-24(30)20-7-5-13-26-23(20)32-19-6-4-12-25-14-19/h4-16H,1-3H3,(H,27,29). The third-order valence-electron chi connectivity index (χ3n) is 4.45. The van der Waals surface area contributed by atoms with Gasteiger partial charge in [0.25, 0.3) is 0 Å². The molecule has 0 saturated carbocycles. The Morgan fingerprint density at radius 3 is 2.31 bits per heavy atom. The van der Waals surface area contributed by atoms with Crippen LogP contribution in [0, 0.1) is 5.92 Å². The molecule has 164 valence electrons. The summed E-state index contributed by atoms with van der Waals surface area (Å²) in [6.45, 7) is 5.07. The van der Waals surface area contributed by atoms with Gasteiger partial charge < -0.3 is 14.8 Å². The number of ether oxygens (including phenoxy) is 2. The first kappa shape index (κ1) is 22.6. The van der Waals surface area contributed by atoms with Crippen LogP contribution >= 0.6 is 0 Å². The Labute approximate surface area is 185 Å². The van der Waals surface area contributed by atoms with E-state index in [-0.39, 0.29) is 29.1 Å². The van der Waals surface area contributed by atoms with Crippen molar-refractivity contribution >= 4 is 23.3 Å². The Morgan fingerprint density at radius 2 is 1.66 bits per heavy atom. The van der Waals surface area contributed by atoms with Crippen molar-refractivity contribution in [1.29, 1.82) is 0 Å². The number of Topliss-reactive ketones (excluding diaryl/α,β-unsaturated/α-hetero) is 1. The van der Waals surface area contributed by atoms with Gasteiger partial charge in [0.2, 0.25) is 17.6 Å². The SMILES string of the molecule is CC(C)C(=O)Nc1ccc(C(=O)C(C)OC(=O)c2cccnc2Oc2cccnc2)cc1. The van der Waals surface area contributed by atoms with Crippen LogP contribution in [0.3, 0.4) is 0 Å². The summed E-state index contributed by atoms with van der Waals surface area (Å²) in [5, 5.41) is 2.76. The van der Waals surface area contributed by atoms with Gasteiger partial charge in [0, 0.05) is 29.6 Å². The predicted octanol–water partition coefficient (Wildman–Crippen LogP) is 4.29. The Hall–Kier alpha value is -4.07. The van der Waals surface area contributed by atoms with E-state index in [0.717, 1.165) is 0 Å². The van der Waals surface area contributed by atoms with E-state index in [1.807, 2.05) is 0 Å². The lowest BCUT2D eigenvalue weighted by Crippen LogP contribution is -2.25. The summed E-state index contributed by atoms with van der Waals surface area (Å²) < 4.78 is 11.0. The Bertz CT molecular complexity index is 1100. The third kappa shape index (κ3) is 5.75. The van der Waals surface area contributed by atoms with Gasteiger partial charge in [-0.1, -0.05) is 13.8 Å². The molecule has 2 heterocycles. The minimum absolute atomic E-state index is 0.0513. The van der Waals surface area contributed by atoms with E-state index < -0.39 is 12.1 Å². The molecule has 1 aromatic carbocycles. The zero-order valence-corrected chi connectivity index (χ0v) is 17.9. The van der Waals surface area contributed by atoms with Crippen LogP contribution in [0.4, 0.5) is 5.69 Å². The molecular formula is C24H23N3O5. The molecule has 0 saturated heterocycles. The van der Waals surface area contributed by atoms with Gasteiger partial charge in [-0.25, -0.2) is 9.78 Å². The van der Waals surface area contributed by atoms with E-state index in [2.05, 4.69) is 15.3 Å². The smallest absolute Gasteiger partial charge is 0.344 e. The maximum Gasteiger partial charge on any atom is 0.344 e. The molecule has 1 amide bonds. The second kappa shape index (κ2) is 10.3. The van der Waals surface area contributed by atoms with Gasteiger partial charge in [-0.05, 0) is 55.5 Å². The van der Waals surface area contributed by atoms with Crippen molar-refractivity contribution in [1.82, 2.24) is 9.97 Å². The average Bonchev–Trinajstić information content (AvgIpc) is 2.80. The lowest BCUT2D eigenvalue weighted by Gasteiger charge is -2.14. The predicted molar refractivity (Wildman–Crippen MR) is 118 cm³/mol. The molecule has 0 aliphatic carbocycles. The normalized spacial score (nSPS) is 11.5. The third-order valence-corrected chi connectivity index (χ3v) is 4.45. The molecule has 8 nitrogen and oxygen atoms in total. The second-order valence-electron chi connectivity index (χ2n) is 7.28. The summed E-state index contributed by atoms with van der Waals surface area (Å²) >= 11 is 0. The summed E-state index contributed by atoms with van der Waals surface area (Å²) in [5.74, 6) is -0.927. The average molecular weight is 433 g/mol. The lowest BCUT2D eigenvalue weighted by atomic mass is 10.1. The monoisotopic (exact) mass is 433 g/mol. The molecule has 8 heteroatoms. The van der Waals surface area contributed by atoms with Crippen LogP contribution < -0.4 is 10.1 Å². The van der Waals surface area contributed by atoms with E-state index in [1.54, 1.807) is 62.5 Å². The number of esters is 1. The molecule has 3 aromatic rings. The minimum atomic E-state index is -1.04. The number of hydrogen-bond donors (Lipinski definition) is 1. The fourth-order valence-electron chi connectivity index (χ4n) is 2.66. The zero-order chi connectivity index (χ0) is 23.1. The minimum Gasteiger partial charge on any atom is -0.451 e. The fourth-order valence-corrected chi connectivity index (χ4v) is 2.66. The molecule has 0 aliphatic heterocycles. The fraction of sp³-hybridized carbons (Fsp3) is 0.208. The highest BCUT2D eigenvalue weighted by Gasteiger charge is 2.23. The number of anilines is 1. The zero-order valence-electron chi connectivity index (χ0n) is 17.9. The van der Waals surface area contributed by atoms with Crippen molar-refractivity contribution in [2.45, 2.75) is 26.9 Å². The van der Waals surface area contributed by atoms with Gasteiger partial charge in [0.1, 0.15) is 11.3 Å². The van der Waals surface area contributed by atoms with E-state index in [0.29, 0.717) is 17.0 Å². The molecule has 0 radical (unpaired) electrons. The van der Waals surface area contributed by atoms with Crippen molar-refractivity contribution in [3.63, 3.8) is 0 Å². The molecule has 0 spiro atoms. The quantitative estimate of drug-likeness (QED) is 0.417. The highest BCUT2D eigenvalue weighted by Crippen LogP contribution is 2.23. The second-order valence-corrected chi connectivity index (χ2v) is 7.28. The largest absolute Gasteiger partial charge is 0.451 e. The maximum absolute atomic E-state index is 12.7. The van der Waals surface area contributed by atoms with Gasteiger partial charge in [0.05, 0.1) is 6.20 Å². The molecular weight excluding hydrogens is 410 g/mol. The number of benzene rings is 1. The number of ketones is 1. The summed E-state index contributed by atoms with van der Waals surface area (Å²) in [4.78, 5) is 45.2. The van der Waals surface area contributed by atoms with E-state index in [9.17, 15) is 14.4 Å². The Balaban J connectivity index is 1.67. The number of amides is 1. The number of carbonyl (C=O) groups is 3. The number of hydrogen-bond acceptors (Lipinski definition) is 7. The van der Waals surface area contributed by atoms with Crippen molar-refractivity contribution in [3.8, 4) is 11.6 Å². The molecule has 0 aliphatic rings. The van der Waals surface area contributed by atoms with Crippen molar-refractivity contribution < 1.29 is 23.9 Å². The first-order chi connectivity index (χ1) is 15.3. The topological polar surface area (TPSA) is 107 Å². The van der Waals surface area contributed by atoms with Gasteiger partial charge in [0.15, 0.2) is 6.10 Å². The van der Waals surface area contributed by atoms with Crippen LogP contribution in [-0.4, -0.2) is 33.7 Å². The van der Waals surface area contributed by atoms with Crippen LogP contribution in [0.1, 0.15) is 41.5 Å². The van der Waals surface area contributed by atoms with Crippen LogP contribution in [0.25, 0.3) is 0 Å². The number of aromatic nitrogens is 2. The molecule has 1 N–H and O–H groups in total. The molecule has 0 bridgehead atoms. The summed E-state index contributed by atoms with van der Waals surface area (Å²) in [6.07, 6.45) is 3.53. The number of rotatable bonds is 8. The van der Waals surface area contributed by atoms with Gasteiger partial charge >= 0.3 is 5.97 Å². The van der Waals surface area contributed by atoms with Gasteiger partial charge in [-0.15, -0.1) is 0 Å². The number of carbonyl (C=O) groups excluding carboxylic acids is 3. The van der Waals surface area contributed by atoms with Crippen LogP contribution in [0.2, 0.25) is 0 Å². The summed E-state index contributed by atoms with van der Waals surface area (Å²) in [7, 11) is 0. The molecule has 0 fully saturated rings. The van der Waals surface area contributed by atoms with Gasteiger partial charge in [-0.2, -0.15) is 0 Å². The molecule has 1 atom stereocenters. The van der Waals surface area contributed by atoms with E-state index >= 15 is 0 Å². The van der Waals surface area contributed by atoms with Gasteiger partial charge in [-0.3, -0.25) is 14.6 Å². The molecule has 1 unspecified atom stereocenters. The molecule has 2 aromatic heterocycles. The van der Waals surface area contributed by atoms with Crippen LogP contribution in [-0.2, 0) is 9.53 Å². The highest BCUT2D eigenvalue weighted by molar-refractivity contribution is 6.02.